The fourth-order valence-corrected chi connectivity index (χ4v) is 3.83. The van der Waals surface area contributed by atoms with Crippen LogP contribution in [0.25, 0.3) is 17.4 Å². The Bertz CT molecular complexity index is 989. The summed E-state index contributed by atoms with van der Waals surface area (Å²) in [4.78, 5) is 14.0. The summed E-state index contributed by atoms with van der Waals surface area (Å²) in [6.45, 7) is 0. The number of hydrogen-bond acceptors (Lipinski definition) is 3. The molecule has 0 saturated heterocycles. The molecule has 0 fully saturated rings. The summed E-state index contributed by atoms with van der Waals surface area (Å²) in [5, 5.41) is 0.975. The van der Waals surface area contributed by atoms with Crippen LogP contribution in [0.5, 0.6) is 0 Å². The van der Waals surface area contributed by atoms with Crippen LogP contribution < -0.4 is 0 Å². The Balaban J connectivity index is 1.64. The second-order valence-electron chi connectivity index (χ2n) is 5.27. The van der Waals surface area contributed by atoms with Gasteiger partial charge in [0.05, 0.1) is 15.0 Å². The highest BCUT2D eigenvalue weighted by molar-refractivity contribution is 8.04. The summed E-state index contributed by atoms with van der Waals surface area (Å²) >= 11 is 13.4. The summed E-state index contributed by atoms with van der Waals surface area (Å²) in [6, 6.07) is 16.6. The van der Waals surface area contributed by atoms with E-state index in [0.717, 1.165) is 16.0 Å². The lowest BCUT2D eigenvalue weighted by molar-refractivity contribution is 0.104. The lowest BCUT2D eigenvalue weighted by atomic mass is 10.1. The smallest absolute Gasteiger partial charge is 0.200 e. The molecule has 0 bridgehead atoms. The number of benzene rings is 2. The minimum Gasteiger partial charge on any atom is -0.457 e. The molecule has 0 saturated carbocycles. The lowest BCUT2D eigenvalue weighted by Crippen LogP contribution is -1.93. The van der Waals surface area contributed by atoms with Gasteiger partial charge in [-0.3, -0.25) is 4.79 Å². The fourth-order valence-electron chi connectivity index (χ4n) is 2.50. The van der Waals surface area contributed by atoms with E-state index >= 15 is 0 Å². The largest absolute Gasteiger partial charge is 0.457 e. The number of ketones is 1. The van der Waals surface area contributed by atoms with Crippen LogP contribution in [0.4, 0.5) is 0 Å². The van der Waals surface area contributed by atoms with E-state index in [4.69, 9.17) is 27.6 Å². The van der Waals surface area contributed by atoms with E-state index in [1.807, 2.05) is 42.5 Å². The minimum atomic E-state index is 0.0306. The van der Waals surface area contributed by atoms with Crippen LogP contribution in [0.3, 0.4) is 0 Å². The zero-order valence-electron chi connectivity index (χ0n) is 12.3. The van der Waals surface area contributed by atoms with Gasteiger partial charge in [0.15, 0.2) is 0 Å². The molecule has 1 aromatic heterocycles. The number of furan rings is 1. The molecular formula is C19H10Cl2O2S. The van der Waals surface area contributed by atoms with E-state index in [0.29, 0.717) is 26.5 Å². The van der Waals surface area contributed by atoms with Crippen LogP contribution in [-0.4, -0.2) is 5.78 Å². The van der Waals surface area contributed by atoms with Crippen LogP contribution >= 0.6 is 35.0 Å². The van der Waals surface area contributed by atoms with Crippen molar-refractivity contribution >= 4 is 46.8 Å². The van der Waals surface area contributed by atoms with E-state index in [2.05, 4.69) is 0 Å². The monoisotopic (exact) mass is 372 g/mol. The van der Waals surface area contributed by atoms with E-state index < -0.39 is 0 Å². The molecule has 2 aromatic carbocycles. The van der Waals surface area contributed by atoms with Gasteiger partial charge in [-0.05, 0) is 48.5 Å². The standard InChI is InChI=1S/C19H10Cl2O2S/c20-14-7-5-11(9-15(14)21)16-8-6-12(23-16)10-18-19(22)13-3-1-2-4-17(13)24-18/h1-10H. The van der Waals surface area contributed by atoms with Crippen LogP contribution in [-0.2, 0) is 0 Å². The van der Waals surface area contributed by atoms with Crippen molar-refractivity contribution in [1.29, 1.82) is 0 Å². The zero-order valence-corrected chi connectivity index (χ0v) is 14.6. The lowest BCUT2D eigenvalue weighted by Gasteiger charge is -1.99. The van der Waals surface area contributed by atoms with Crippen LogP contribution in [0.15, 0.2) is 68.8 Å². The predicted octanol–water partition coefficient (Wildman–Crippen LogP) is 6.58. The number of Topliss-reactive ketones (excluding diaryl/α,β-unsaturated/α-hetero) is 1. The van der Waals surface area contributed by atoms with Gasteiger partial charge in [0.25, 0.3) is 0 Å². The molecule has 0 N–H and O–H groups in total. The number of halogens is 2. The van der Waals surface area contributed by atoms with Gasteiger partial charge < -0.3 is 4.42 Å². The normalized spacial score (nSPS) is 15.1. The third-order valence-corrected chi connectivity index (χ3v) is 5.52. The summed E-state index contributed by atoms with van der Waals surface area (Å²) in [5.74, 6) is 1.33. The molecule has 3 aromatic rings. The quantitative estimate of drug-likeness (QED) is 0.475. The molecule has 2 nitrogen and oxygen atoms in total. The Morgan fingerprint density at radius 3 is 2.58 bits per heavy atom. The van der Waals surface area contributed by atoms with Gasteiger partial charge in [-0.25, -0.2) is 0 Å². The third kappa shape index (κ3) is 2.80. The molecule has 2 heterocycles. The first kappa shape index (κ1) is 15.6. The Hall–Kier alpha value is -1.94. The van der Waals surface area contributed by atoms with E-state index in [1.165, 1.54) is 11.8 Å². The maximum Gasteiger partial charge on any atom is 0.200 e. The minimum absolute atomic E-state index is 0.0306. The molecule has 0 radical (unpaired) electrons. The van der Waals surface area contributed by atoms with Crippen molar-refractivity contribution in [3.05, 3.63) is 80.9 Å². The number of allylic oxidation sites excluding steroid dienone is 1. The van der Waals surface area contributed by atoms with Crippen molar-refractivity contribution in [2.75, 3.05) is 0 Å². The van der Waals surface area contributed by atoms with Crippen molar-refractivity contribution < 1.29 is 9.21 Å². The predicted molar refractivity (Wildman–Crippen MR) is 98.8 cm³/mol. The topological polar surface area (TPSA) is 30.2 Å². The van der Waals surface area contributed by atoms with E-state index in [1.54, 1.807) is 18.2 Å². The molecule has 0 aliphatic carbocycles. The first-order chi connectivity index (χ1) is 11.6. The van der Waals surface area contributed by atoms with Crippen LogP contribution in [0.1, 0.15) is 16.1 Å². The number of fused-ring (bicyclic) bond motifs is 1. The van der Waals surface area contributed by atoms with Gasteiger partial charge in [-0.2, -0.15) is 0 Å². The molecule has 1 aliphatic rings. The number of carbonyl (C=O) groups is 1. The number of hydrogen-bond donors (Lipinski definition) is 0. The Labute approximate surface area is 153 Å². The molecule has 0 spiro atoms. The van der Waals surface area contributed by atoms with Gasteiger partial charge >= 0.3 is 0 Å². The Morgan fingerprint density at radius 1 is 0.958 bits per heavy atom. The summed E-state index contributed by atoms with van der Waals surface area (Å²) < 4.78 is 5.83. The highest BCUT2D eigenvalue weighted by Gasteiger charge is 2.25. The van der Waals surface area contributed by atoms with Gasteiger partial charge in [0.1, 0.15) is 11.5 Å². The third-order valence-electron chi connectivity index (χ3n) is 3.68. The molecule has 4 rings (SSSR count). The second kappa shape index (κ2) is 6.17. The highest BCUT2D eigenvalue weighted by Crippen LogP contribution is 2.41. The zero-order chi connectivity index (χ0) is 16.7. The Kier molecular flexibility index (Phi) is 4.01. The number of rotatable bonds is 2. The first-order valence-electron chi connectivity index (χ1n) is 7.20. The SMILES string of the molecule is O=C1C(=Cc2ccc(-c3ccc(Cl)c(Cl)c3)o2)Sc2ccccc21. The van der Waals surface area contributed by atoms with E-state index in [-0.39, 0.29) is 5.78 Å². The average molecular weight is 373 g/mol. The Morgan fingerprint density at radius 2 is 1.79 bits per heavy atom. The first-order valence-corrected chi connectivity index (χ1v) is 8.77. The van der Waals surface area contributed by atoms with Crippen molar-refractivity contribution in [3.8, 4) is 11.3 Å². The molecular weight excluding hydrogens is 363 g/mol. The maximum absolute atomic E-state index is 12.4. The molecule has 118 valence electrons. The van der Waals surface area contributed by atoms with Gasteiger partial charge in [0.2, 0.25) is 5.78 Å². The second-order valence-corrected chi connectivity index (χ2v) is 7.17. The van der Waals surface area contributed by atoms with Gasteiger partial charge in [-0.15, -0.1) is 0 Å². The van der Waals surface area contributed by atoms with Gasteiger partial charge in [0, 0.05) is 16.0 Å². The van der Waals surface area contributed by atoms with Crippen LogP contribution in [0, 0.1) is 0 Å². The molecule has 0 atom stereocenters. The maximum atomic E-state index is 12.4. The number of thioether (sulfide) groups is 1. The van der Waals surface area contributed by atoms with E-state index in [9.17, 15) is 4.79 Å². The molecule has 0 unspecified atom stereocenters. The molecule has 5 heteroatoms. The van der Waals surface area contributed by atoms with Crippen molar-refractivity contribution in [1.82, 2.24) is 0 Å². The van der Waals surface area contributed by atoms with Gasteiger partial charge in [-0.1, -0.05) is 47.1 Å². The van der Waals surface area contributed by atoms with Crippen molar-refractivity contribution in [2.45, 2.75) is 4.90 Å². The summed E-state index contributed by atoms with van der Waals surface area (Å²) in [5.41, 5.74) is 1.58. The summed E-state index contributed by atoms with van der Waals surface area (Å²) in [7, 11) is 0. The van der Waals surface area contributed by atoms with Crippen molar-refractivity contribution in [3.63, 3.8) is 0 Å². The summed E-state index contributed by atoms with van der Waals surface area (Å²) in [6.07, 6.45) is 1.77. The molecule has 0 amide bonds. The van der Waals surface area contributed by atoms with Crippen molar-refractivity contribution in [2.24, 2.45) is 0 Å². The molecule has 24 heavy (non-hydrogen) atoms. The highest BCUT2D eigenvalue weighted by atomic mass is 35.5. The number of carbonyl (C=O) groups excluding carboxylic acids is 1. The average Bonchev–Trinajstić information content (AvgIpc) is 3.16. The fraction of sp³-hybridized carbons (Fsp3) is 0. The van der Waals surface area contributed by atoms with Crippen LogP contribution in [0.2, 0.25) is 10.0 Å². The molecule has 1 aliphatic heterocycles.